The Morgan fingerprint density at radius 2 is 1.95 bits per heavy atom. The number of nitrogen functional groups attached to an aromatic ring is 1. The van der Waals surface area contributed by atoms with Gasteiger partial charge in [-0.25, -0.2) is 23.4 Å². The Bertz CT molecular complexity index is 1530. The van der Waals surface area contributed by atoms with Gasteiger partial charge in [0.05, 0.1) is 17.0 Å². The first-order valence-electron chi connectivity index (χ1n) is 12.1. The van der Waals surface area contributed by atoms with E-state index in [0.717, 1.165) is 42.2 Å². The molecule has 38 heavy (non-hydrogen) atoms. The van der Waals surface area contributed by atoms with E-state index in [1.54, 1.807) is 17.0 Å². The van der Waals surface area contributed by atoms with E-state index in [4.69, 9.17) is 10.8 Å². The largest absolute Gasteiger partial charge is 0.383 e. The molecule has 3 heterocycles. The molecule has 0 spiro atoms. The number of nitrogens with one attached hydrogen (secondary N) is 1. The van der Waals surface area contributed by atoms with Gasteiger partial charge in [0, 0.05) is 25.2 Å². The summed E-state index contributed by atoms with van der Waals surface area (Å²) in [6.07, 6.45) is 4.35. The van der Waals surface area contributed by atoms with Gasteiger partial charge in [0.15, 0.2) is 5.65 Å². The molecular formula is C27H25F2N7O2. The first kappa shape index (κ1) is 25.0. The third kappa shape index (κ3) is 4.82. The van der Waals surface area contributed by atoms with E-state index < -0.39 is 17.5 Å². The van der Waals surface area contributed by atoms with Crippen LogP contribution in [0.4, 0.5) is 14.6 Å². The van der Waals surface area contributed by atoms with Gasteiger partial charge in [-0.2, -0.15) is 5.10 Å². The monoisotopic (exact) mass is 517 g/mol. The number of hydrogen-bond acceptors (Lipinski definition) is 6. The number of anilines is 1. The number of nitrogens with two attached hydrogens (primary N) is 1. The minimum absolute atomic E-state index is 0.0871. The second-order valence-electron chi connectivity index (χ2n) is 9.04. The van der Waals surface area contributed by atoms with Crippen molar-refractivity contribution in [2.24, 2.45) is 0 Å². The number of aromatic nitrogens is 4. The highest BCUT2D eigenvalue weighted by atomic mass is 19.1. The van der Waals surface area contributed by atoms with E-state index in [2.05, 4.69) is 21.9 Å². The Morgan fingerprint density at radius 3 is 2.71 bits per heavy atom. The van der Waals surface area contributed by atoms with Crippen LogP contribution in [0.3, 0.4) is 0 Å². The van der Waals surface area contributed by atoms with Gasteiger partial charge < -0.3 is 16.0 Å². The molecule has 2 amide bonds. The van der Waals surface area contributed by atoms with Crippen LogP contribution in [-0.2, 0) is 11.3 Å². The molecule has 1 aliphatic rings. The number of nitrogens with zero attached hydrogens (tertiary/aromatic N) is 5. The zero-order chi connectivity index (χ0) is 26.8. The van der Waals surface area contributed by atoms with E-state index in [1.807, 2.05) is 16.8 Å². The molecular weight excluding hydrogens is 492 g/mol. The fraction of sp³-hybridized carbons (Fsp3) is 0.222. The lowest BCUT2D eigenvalue weighted by Gasteiger charge is -2.32. The summed E-state index contributed by atoms with van der Waals surface area (Å²) >= 11 is 0. The summed E-state index contributed by atoms with van der Waals surface area (Å²) < 4.78 is 29.1. The second-order valence-corrected chi connectivity index (χ2v) is 9.04. The van der Waals surface area contributed by atoms with Gasteiger partial charge >= 0.3 is 0 Å². The number of rotatable bonds is 6. The fourth-order valence-electron chi connectivity index (χ4n) is 4.67. The van der Waals surface area contributed by atoms with Gasteiger partial charge in [-0.05, 0) is 42.7 Å². The average Bonchev–Trinajstić information content (AvgIpc) is 3.34. The summed E-state index contributed by atoms with van der Waals surface area (Å²) in [4.78, 5) is 34.8. The number of halogens is 2. The highest BCUT2D eigenvalue weighted by Gasteiger charge is 2.28. The zero-order valence-corrected chi connectivity index (χ0v) is 20.4. The minimum Gasteiger partial charge on any atom is -0.383 e. The molecule has 11 heteroatoms. The van der Waals surface area contributed by atoms with Crippen molar-refractivity contribution in [1.82, 2.24) is 30.0 Å². The molecule has 9 nitrogen and oxygen atoms in total. The Morgan fingerprint density at radius 1 is 1.16 bits per heavy atom. The number of fused-ring (bicyclic) bond motifs is 1. The molecule has 2 aromatic carbocycles. The molecule has 4 aromatic rings. The molecule has 0 radical (unpaired) electrons. The van der Waals surface area contributed by atoms with Crippen LogP contribution in [0.25, 0.3) is 22.3 Å². The van der Waals surface area contributed by atoms with Crippen LogP contribution in [-0.4, -0.2) is 49.6 Å². The maximum atomic E-state index is 13.9. The highest BCUT2D eigenvalue weighted by molar-refractivity contribution is 5.98. The Labute approximate surface area is 217 Å². The molecule has 1 atom stereocenters. The van der Waals surface area contributed by atoms with Crippen LogP contribution in [0.2, 0.25) is 0 Å². The topological polar surface area (TPSA) is 119 Å². The number of carbonyl (C=O) groups is 2. The van der Waals surface area contributed by atoms with Crippen molar-refractivity contribution in [1.29, 1.82) is 0 Å². The van der Waals surface area contributed by atoms with E-state index in [9.17, 15) is 18.4 Å². The third-order valence-electron chi connectivity index (χ3n) is 6.60. The van der Waals surface area contributed by atoms with Crippen molar-refractivity contribution in [3.05, 3.63) is 84.2 Å². The van der Waals surface area contributed by atoms with E-state index >= 15 is 0 Å². The van der Waals surface area contributed by atoms with Crippen molar-refractivity contribution >= 4 is 28.7 Å². The van der Waals surface area contributed by atoms with Crippen molar-refractivity contribution in [3.8, 4) is 11.3 Å². The van der Waals surface area contributed by atoms with Crippen molar-refractivity contribution in [2.45, 2.75) is 25.4 Å². The first-order chi connectivity index (χ1) is 18.4. The molecule has 0 aliphatic carbocycles. The molecule has 0 bridgehead atoms. The van der Waals surface area contributed by atoms with Crippen LogP contribution < -0.4 is 11.1 Å². The van der Waals surface area contributed by atoms with Crippen molar-refractivity contribution < 1.29 is 18.4 Å². The van der Waals surface area contributed by atoms with Gasteiger partial charge in [-0.15, -0.1) is 0 Å². The number of piperidine rings is 1. The summed E-state index contributed by atoms with van der Waals surface area (Å²) in [5.74, 6) is -2.03. The van der Waals surface area contributed by atoms with Gasteiger partial charge in [0.25, 0.3) is 5.91 Å². The predicted molar refractivity (Wildman–Crippen MR) is 138 cm³/mol. The van der Waals surface area contributed by atoms with Crippen LogP contribution in [0, 0.1) is 11.6 Å². The summed E-state index contributed by atoms with van der Waals surface area (Å²) in [5, 5.41) is 8.06. The van der Waals surface area contributed by atoms with Crippen molar-refractivity contribution in [2.75, 3.05) is 18.8 Å². The van der Waals surface area contributed by atoms with Crippen LogP contribution in [0.5, 0.6) is 0 Å². The molecule has 0 saturated carbocycles. The summed E-state index contributed by atoms with van der Waals surface area (Å²) in [6, 6.07) is 9.91. The predicted octanol–water partition coefficient (Wildman–Crippen LogP) is 3.63. The molecule has 0 unspecified atom stereocenters. The number of benzene rings is 2. The van der Waals surface area contributed by atoms with E-state index in [-0.39, 0.29) is 24.1 Å². The minimum atomic E-state index is -0.795. The van der Waals surface area contributed by atoms with Gasteiger partial charge in [0.2, 0.25) is 5.91 Å². The number of likely N-dealkylation sites (tertiary alicyclic amines) is 1. The highest BCUT2D eigenvalue weighted by Crippen LogP contribution is 2.33. The summed E-state index contributed by atoms with van der Waals surface area (Å²) in [6.45, 7) is 4.84. The van der Waals surface area contributed by atoms with E-state index in [0.29, 0.717) is 35.6 Å². The normalized spacial score (nSPS) is 15.4. The summed E-state index contributed by atoms with van der Waals surface area (Å²) in [5.41, 5.74) is 8.57. The molecule has 3 N–H and O–H groups in total. The quantitative estimate of drug-likeness (QED) is 0.377. The molecule has 194 valence electrons. The van der Waals surface area contributed by atoms with Crippen LogP contribution in [0.1, 0.15) is 34.8 Å². The summed E-state index contributed by atoms with van der Waals surface area (Å²) in [7, 11) is 0. The standard InChI is InChI=1S/C27H25F2N7O2/c1-2-22(37)35-11-3-4-19(14-35)36-26-23(25(30)32-15-33-26)24(34-36)17-7-5-16(6-8-17)13-31-27(38)20-12-18(28)9-10-21(20)29/h2,5-10,12,15,19H,1,3-4,11,13-14H2,(H,31,38)(H2,30,32,33)/t19-/m1/s1. The maximum absolute atomic E-state index is 13.9. The van der Waals surface area contributed by atoms with Gasteiger partial charge in [0.1, 0.15) is 29.5 Å². The Hall–Kier alpha value is -4.67. The van der Waals surface area contributed by atoms with Crippen molar-refractivity contribution in [3.63, 3.8) is 0 Å². The van der Waals surface area contributed by atoms with Gasteiger partial charge in [-0.3, -0.25) is 9.59 Å². The van der Waals surface area contributed by atoms with E-state index in [1.165, 1.54) is 12.4 Å². The molecule has 5 rings (SSSR count). The van der Waals surface area contributed by atoms with Crippen LogP contribution in [0.15, 0.2) is 61.4 Å². The number of amides is 2. The molecule has 2 aromatic heterocycles. The SMILES string of the molecule is C=CC(=O)N1CCC[C@@H](n2nc(-c3ccc(CNC(=O)c4cc(F)ccc4F)cc3)c3c(N)ncnc32)C1. The molecule has 1 fully saturated rings. The third-order valence-corrected chi connectivity index (χ3v) is 6.60. The maximum Gasteiger partial charge on any atom is 0.254 e. The Balaban J connectivity index is 1.39. The van der Waals surface area contributed by atoms with Crippen LogP contribution >= 0.6 is 0 Å². The zero-order valence-electron chi connectivity index (χ0n) is 20.4. The lowest BCUT2D eigenvalue weighted by atomic mass is 10.1. The lowest BCUT2D eigenvalue weighted by Crippen LogP contribution is -2.40. The second kappa shape index (κ2) is 10.4. The molecule has 1 saturated heterocycles. The van der Waals surface area contributed by atoms with Gasteiger partial charge in [-0.1, -0.05) is 30.8 Å². The number of carbonyl (C=O) groups excluding carboxylic acids is 2. The first-order valence-corrected chi connectivity index (χ1v) is 12.1. The smallest absolute Gasteiger partial charge is 0.254 e. The average molecular weight is 518 g/mol. The lowest BCUT2D eigenvalue weighted by molar-refractivity contribution is -0.127. The Kier molecular flexibility index (Phi) is 6.82. The fourth-order valence-corrected chi connectivity index (χ4v) is 4.67. The number of hydrogen-bond donors (Lipinski definition) is 2. The molecule has 1 aliphatic heterocycles.